The molecule has 0 aromatic heterocycles. The van der Waals surface area contributed by atoms with Gasteiger partial charge in [-0.25, -0.2) is 0 Å². The first-order valence-electron chi connectivity index (χ1n) is 4.67. The molecule has 0 heterocycles. The Kier molecular flexibility index (Phi) is 7.83. The Labute approximate surface area is 85.3 Å². The predicted octanol–water partition coefficient (Wildman–Crippen LogP) is 3.94. The van der Waals surface area contributed by atoms with Gasteiger partial charge in [0.2, 0.25) is 0 Å². The molecule has 13 heavy (non-hydrogen) atoms. The zero-order valence-electron chi connectivity index (χ0n) is 8.49. The average Bonchev–Trinajstić information content (AvgIpc) is 2.05. The van der Waals surface area contributed by atoms with Crippen LogP contribution in [0.1, 0.15) is 26.7 Å². The second-order valence-electron chi connectivity index (χ2n) is 2.69. The average molecular weight is 222 g/mol. The lowest BCUT2D eigenvalue weighted by molar-refractivity contribution is 0.348. The summed E-state index contributed by atoms with van der Waals surface area (Å²) in [6.45, 7) is 5.65. The van der Waals surface area contributed by atoms with E-state index in [2.05, 4.69) is 13.5 Å². The van der Waals surface area contributed by atoms with Gasteiger partial charge < -0.3 is 4.52 Å². The van der Waals surface area contributed by atoms with Crippen LogP contribution < -0.4 is 0 Å². The third-order valence-electron chi connectivity index (χ3n) is 1.46. The lowest BCUT2D eigenvalue weighted by atomic mass is 10.4. The summed E-state index contributed by atoms with van der Waals surface area (Å²) in [5, 5.41) is 0. The summed E-state index contributed by atoms with van der Waals surface area (Å²) >= 11 is 1.46. The summed E-state index contributed by atoms with van der Waals surface area (Å²) in [6, 6.07) is 0. The number of allylic oxidation sites excluding steroid dienone is 1. The molecule has 78 valence electrons. The summed E-state index contributed by atoms with van der Waals surface area (Å²) in [6.07, 6.45) is 4.39. The molecular weight excluding hydrogens is 203 g/mol. The Morgan fingerprint density at radius 3 is 2.69 bits per heavy atom. The summed E-state index contributed by atoms with van der Waals surface area (Å²) in [5.41, 5.74) is 0. The first-order valence-corrected chi connectivity index (χ1v) is 8.07. The van der Waals surface area contributed by atoms with Crippen LogP contribution in [0.5, 0.6) is 0 Å². The van der Waals surface area contributed by atoms with Crippen molar-refractivity contribution in [2.75, 3.05) is 18.5 Å². The zero-order valence-corrected chi connectivity index (χ0v) is 10.2. The molecule has 0 aromatic carbocycles. The van der Waals surface area contributed by atoms with Gasteiger partial charge in [-0.15, -0.1) is 6.58 Å². The Morgan fingerprint density at radius 1 is 1.54 bits per heavy atom. The maximum Gasteiger partial charge on any atom is 0.261 e. The van der Waals surface area contributed by atoms with Crippen LogP contribution in [0.2, 0.25) is 0 Å². The SMILES string of the molecule is C=CCP(=O)(OCC)SCCCC. The van der Waals surface area contributed by atoms with Crippen molar-refractivity contribution >= 4 is 18.0 Å². The third-order valence-corrected chi connectivity index (χ3v) is 6.18. The fraction of sp³-hybridized carbons (Fsp3) is 0.778. The molecule has 0 rings (SSSR count). The highest BCUT2D eigenvalue weighted by Gasteiger charge is 2.20. The first-order chi connectivity index (χ1) is 6.18. The number of hydrogen-bond donors (Lipinski definition) is 0. The smallest absolute Gasteiger partial charge is 0.261 e. The van der Waals surface area contributed by atoms with Crippen molar-refractivity contribution < 1.29 is 9.09 Å². The Morgan fingerprint density at radius 2 is 2.23 bits per heavy atom. The molecule has 1 unspecified atom stereocenters. The van der Waals surface area contributed by atoms with Gasteiger partial charge in [0.1, 0.15) is 0 Å². The van der Waals surface area contributed by atoms with Crippen LogP contribution in [0.25, 0.3) is 0 Å². The standard InChI is InChI=1S/C9H19O2PS/c1-4-7-9-13-12(10,8-5-2)11-6-3/h5H,2,4,6-9H2,1,3H3. The molecule has 1 atom stereocenters. The fourth-order valence-electron chi connectivity index (χ4n) is 0.845. The van der Waals surface area contributed by atoms with Gasteiger partial charge in [-0.3, -0.25) is 4.57 Å². The molecule has 2 nitrogen and oxygen atoms in total. The van der Waals surface area contributed by atoms with E-state index in [9.17, 15) is 4.57 Å². The van der Waals surface area contributed by atoms with Gasteiger partial charge in [0.25, 0.3) is 6.57 Å². The molecule has 0 bridgehead atoms. The first kappa shape index (κ1) is 13.3. The lowest BCUT2D eigenvalue weighted by Crippen LogP contribution is -1.91. The predicted molar refractivity (Wildman–Crippen MR) is 61.7 cm³/mol. The molecule has 0 N–H and O–H groups in total. The van der Waals surface area contributed by atoms with E-state index in [1.807, 2.05) is 6.92 Å². The van der Waals surface area contributed by atoms with Crippen LogP contribution in [0.4, 0.5) is 0 Å². The van der Waals surface area contributed by atoms with Crippen LogP contribution in [-0.4, -0.2) is 18.5 Å². The molecule has 0 saturated carbocycles. The fourth-order valence-corrected chi connectivity index (χ4v) is 4.93. The summed E-state index contributed by atoms with van der Waals surface area (Å²) in [4.78, 5) is 0. The Bertz CT molecular complexity index is 182. The van der Waals surface area contributed by atoms with Crippen LogP contribution >= 0.6 is 18.0 Å². The van der Waals surface area contributed by atoms with E-state index < -0.39 is 6.57 Å². The number of rotatable bonds is 8. The van der Waals surface area contributed by atoms with Gasteiger partial charge in [0, 0.05) is 5.75 Å². The second kappa shape index (κ2) is 7.66. The largest absolute Gasteiger partial charge is 0.321 e. The molecule has 0 radical (unpaired) electrons. The maximum atomic E-state index is 12.0. The minimum absolute atomic E-state index is 0.481. The van der Waals surface area contributed by atoms with E-state index in [0.717, 1.165) is 18.6 Å². The second-order valence-corrected chi connectivity index (χ2v) is 7.64. The zero-order chi connectivity index (χ0) is 10.2. The van der Waals surface area contributed by atoms with Gasteiger partial charge >= 0.3 is 0 Å². The van der Waals surface area contributed by atoms with Crippen molar-refractivity contribution in [2.24, 2.45) is 0 Å². The van der Waals surface area contributed by atoms with Crippen molar-refractivity contribution in [2.45, 2.75) is 26.7 Å². The molecule has 0 fully saturated rings. The molecule has 0 saturated heterocycles. The van der Waals surface area contributed by atoms with E-state index in [0.29, 0.717) is 12.8 Å². The molecule has 0 aliphatic carbocycles. The van der Waals surface area contributed by atoms with E-state index in [1.165, 1.54) is 11.4 Å². The lowest BCUT2D eigenvalue weighted by Gasteiger charge is -2.14. The highest BCUT2D eigenvalue weighted by Crippen LogP contribution is 2.59. The van der Waals surface area contributed by atoms with Gasteiger partial charge in [0.15, 0.2) is 0 Å². The van der Waals surface area contributed by atoms with E-state index in [-0.39, 0.29) is 0 Å². The van der Waals surface area contributed by atoms with Gasteiger partial charge in [-0.2, -0.15) is 0 Å². The van der Waals surface area contributed by atoms with Crippen molar-refractivity contribution in [3.8, 4) is 0 Å². The molecule has 0 spiro atoms. The van der Waals surface area contributed by atoms with Crippen LogP contribution in [0, 0.1) is 0 Å². The van der Waals surface area contributed by atoms with Gasteiger partial charge in [-0.05, 0) is 13.3 Å². The number of unbranched alkanes of at least 4 members (excludes halogenated alkanes) is 1. The third kappa shape index (κ3) is 6.36. The topological polar surface area (TPSA) is 26.3 Å². The highest BCUT2D eigenvalue weighted by molar-refractivity contribution is 8.56. The number of hydrogen-bond acceptors (Lipinski definition) is 3. The van der Waals surface area contributed by atoms with Crippen molar-refractivity contribution in [1.82, 2.24) is 0 Å². The highest BCUT2D eigenvalue weighted by atomic mass is 32.7. The minimum atomic E-state index is -2.45. The van der Waals surface area contributed by atoms with Crippen LogP contribution in [0.3, 0.4) is 0 Å². The van der Waals surface area contributed by atoms with Gasteiger partial charge in [0.05, 0.1) is 12.8 Å². The van der Waals surface area contributed by atoms with Crippen LogP contribution in [-0.2, 0) is 9.09 Å². The van der Waals surface area contributed by atoms with E-state index in [1.54, 1.807) is 6.08 Å². The maximum absolute atomic E-state index is 12.0. The normalized spacial score (nSPS) is 15.2. The van der Waals surface area contributed by atoms with E-state index in [4.69, 9.17) is 4.52 Å². The molecule has 0 amide bonds. The molecule has 0 aromatic rings. The van der Waals surface area contributed by atoms with Crippen LogP contribution in [0.15, 0.2) is 12.7 Å². The summed E-state index contributed by atoms with van der Waals surface area (Å²) in [7, 11) is 0. The molecule has 4 heteroatoms. The quantitative estimate of drug-likeness (QED) is 0.353. The molecule has 0 aliphatic heterocycles. The summed E-state index contributed by atoms with van der Waals surface area (Å²) < 4.78 is 17.2. The van der Waals surface area contributed by atoms with Crippen molar-refractivity contribution in [3.63, 3.8) is 0 Å². The Balaban J connectivity index is 3.91. The van der Waals surface area contributed by atoms with E-state index >= 15 is 0 Å². The monoisotopic (exact) mass is 222 g/mol. The van der Waals surface area contributed by atoms with Crippen molar-refractivity contribution in [3.05, 3.63) is 12.7 Å². The molecule has 0 aliphatic rings. The summed E-state index contributed by atoms with van der Waals surface area (Å²) in [5.74, 6) is 0.918. The molecular formula is C9H19O2PS. The Hall–Kier alpha value is 0.280. The van der Waals surface area contributed by atoms with Crippen molar-refractivity contribution in [1.29, 1.82) is 0 Å². The van der Waals surface area contributed by atoms with Gasteiger partial charge in [-0.1, -0.05) is 30.8 Å². The minimum Gasteiger partial charge on any atom is -0.321 e.